The van der Waals surface area contributed by atoms with Gasteiger partial charge < -0.3 is 4.74 Å². The Morgan fingerprint density at radius 1 is 1.13 bits per heavy atom. The maximum Gasteiger partial charge on any atom is 0.271 e. The topological polar surface area (TPSA) is 86.7 Å². The largest absolute Gasteiger partial charge is 0.492 e. The Balaban J connectivity index is 1.59. The van der Waals surface area contributed by atoms with Crippen molar-refractivity contribution in [2.24, 2.45) is 4.99 Å². The third-order valence-electron chi connectivity index (χ3n) is 6.88. The fourth-order valence-electron chi connectivity index (χ4n) is 5.23. The molecule has 6 rings (SSSR count). The molecule has 39 heavy (non-hydrogen) atoms. The third-order valence-corrected chi connectivity index (χ3v) is 9.46. The van der Waals surface area contributed by atoms with Gasteiger partial charge in [0.2, 0.25) is 0 Å². The molecule has 0 saturated heterocycles. The van der Waals surface area contributed by atoms with Gasteiger partial charge in [-0.1, -0.05) is 47.7 Å². The predicted molar refractivity (Wildman–Crippen MR) is 169 cm³/mol. The molecule has 0 saturated carbocycles. The van der Waals surface area contributed by atoms with E-state index in [0.717, 1.165) is 48.1 Å². The van der Waals surface area contributed by atoms with Crippen LogP contribution < -0.4 is 19.6 Å². The number of rotatable bonds is 5. The lowest BCUT2D eigenvalue weighted by Gasteiger charge is -2.30. The van der Waals surface area contributed by atoms with Gasteiger partial charge >= 0.3 is 0 Å². The standard InChI is InChI=1S/C29H21I2N3O4S/c1-2-38-27-22(30)12-16(13-23(27)31)14-24-28(35)33-26(18-7-5-8-19(15-18)34(36)37)21-11-10-17-6-3-4-9-20(17)25(21)32-29(33)39-24/h3-9,12-15,26H,2,10-11H2,1H3/b24-14+/t26-/m0/s1. The van der Waals surface area contributed by atoms with E-state index in [1.165, 1.54) is 23.0 Å². The van der Waals surface area contributed by atoms with Crippen molar-refractivity contribution in [1.82, 2.24) is 4.57 Å². The lowest BCUT2D eigenvalue weighted by atomic mass is 9.83. The van der Waals surface area contributed by atoms with Crippen LogP contribution in [0.15, 0.2) is 76.0 Å². The van der Waals surface area contributed by atoms with Crippen molar-refractivity contribution in [3.63, 3.8) is 0 Å². The Labute approximate surface area is 255 Å². The number of ether oxygens (including phenoxy) is 1. The maximum atomic E-state index is 14.0. The van der Waals surface area contributed by atoms with Crippen molar-refractivity contribution in [3.8, 4) is 5.75 Å². The molecule has 10 heteroatoms. The molecule has 0 amide bonds. The molecule has 0 spiro atoms. The van der Waals surface area contributed by atoms with Gasteiger partial charge in [0.1, 0.15) is 5.75 Å². The van der Waals surface area contributed by atoms with Crippen molar-refractivity contribution in [1.29, 1.82) is 0 Å². The molecule has 1 aromatic heterocycles. The van der Waals surface area contributed by atoms with Gasteiger partial charge in [0, 0.05) is 17.7 Å². The molecule has 2 heterocycles. The smallest absolute Gasteiger partial charge is 0.271 e. The molecule has 4 aromatic rings. The summed E-state index contributed by atoms with van der Waals surface area (Å²) >= 11 is 5.86. The number of thiazole rings is 1. The highest BCUT2D eigenvalue weighted by atomic mass is 127. The van der Waals surface area contributed by atoms with Crippen LogP contribution in [0.4, 0.5) is 5.69 Å². The second-order valence-electron chi connectivity index (χ2n) is 9.21. The monoisotopic (exact) mass is 761 g/mol. The summed E-state index contributed by atoms with van der Waals surface area (Å²) in [5, 5.41) is 11.6. The van der Waals surface area contributed by atoms with Gasteiger partial charge in [-0.15, -0.1) is 0 Å². The van der Waals surface area contributed by atoms with Crippen LogP contribution in [0.5, 0.6) is 5.75 Å². The summed E-state index contributed by atoms with van der Waals surface area (Å²) < 4.78 is 10.0. The van der Waals surface area contributed by atoms with Gasteiger partial charge in [-0.05, 0) is 105 Å². The summed E-state index contributed by atoms with van der Waals surface area (Å²) in [6, 6.07) is 18.4. The third kappa shape index (κ3) is 4.76. The van der Waals surface area contributed by atoms with E-state index in [1.54, 1.807) is 16.7 Å². The number of aromatic nitrogens is 1. The van der Waals surface area contributed by atoms with E-state index >= 15 is 0 Å². The van der Waals surface area contributed by atoms with Crippen LogP contribution in [-0.4, -0.2) is 16.1 Å². The van der Waals surface area contributed by atoms with E-state index in [9.17, 15) is 14.9 Å². The minimum atomic E-state index is -0.466. The number of fused-ring (bicyclic) bond motifs is 3. The summed E-state index contributed by atoms with van der Waals surface area (Å²) in [4.78, 5) is 30.8. The van der Waals surface area contributed by atoms with Crippen LogP contribution in [0.25, 0.3) is 11.8 Å². The zero-order valence-electron chi connectivity index (χ0n) is 20.7. The first-order valence-electron chi connectivity index (χ1n) is 12.3. The Morgan fingerprint density at radius 3 is 2.64 bits per heavy atom. The molecule has 1 aliphatic carbocycles. The molecule has 2 aliphatic rings. The summed E-state index contributed by atoms with van der Waals surface area (Å²) in [5.41, 5.74) is 5.62. The highest BCUT2D eigenvalue weighted by Gasteiger charge is 2.33. The number of nitrogens with zero attached hydrogens (tertiary/aromatic N) is 3. The molecule has 196 valence electrons. The van der Waals surface area contributed by atoms with Gasteiger partial charge in [0.25, 0.3) is 11.2 Å². The molecule has 0 N–H and O–H groups in total. The molecule has 0 radical (unpaired) electrons. The molecule has 0 unspecified atom stereocenters. The summed E-state index contributed by atoms with van der Waals surface area (Å²) in [6.45, 7) is 2.53. The summed E-state index contributed by atoms with van der Waals surface area (Å²) in [6.07, 6.45) is 3.44. The molecule has 7 nitrogen and oxygen atoms in total. The second kappa shape index (κ2) is 10.6. The number of allylic oxidation sites excluding steroid dienone is 1. The number of nitro benzene ring substituents is 1. The van der Waals surface area contributed by atoms with Crippen molar-refractivity contribution in [3.05, 3.63) is 125 Å². The molecular formula is C29H21I2N3O4S. The van der Waals surface area contributed by atoms with E-state index in [0.29, 0.717) is 21.5 Å². The van der Waals surface area contributed by atoms with Gasteiger partial charge in [0.15, 0.2) is 4.80 Å². The number of benzene rings is 3. The van der Waals surface area contributed by atoms with Crippen LogP contribution >= 0.6 is 56.5 Å². The second-order valence-corrected chi connectivity index (χ2v) is 12.5. The Hall–Kier alpha value is -2.84. The predicted octanol–water partition coefficient (Wildman–Crippen LogP) is 5.83. The van der Waals surface area contributed by atoms with Gasteiger partial charge in [0.05, 0.1) is 34.9 Å². The first-order chi connectivity index (χ1) is 18.9. The molecule has 1 aliphatic heterocycles. The Bertz CT molecular complexity index is 1850. The number of aryl methyl sites for hydroxylation is 1. The molecular weight excluding hydrogens is 740 g/mol. The van der Waals surface area contributed by atoms with Crippen molar-refractivity contribution >= 4 is 74.0 Å². The highest BCUT2D eigenvalue weighted by Crippen LogP contribution is 2.41. The molecule has 0 bridgehead atoms. The minimum absolute atomic E-state index is 0.00326. The summed E-state index contributed by atoms with van der Waals surface area (Å²) in [7, 11) is 0. The van der Waals surface area contributed by atoms with Crippen LogP contribution in [0.1, 0.15) is 41.6 Å². The van der Waals surface area contributed by atoms with Gasteiger partial charge in [-0.25, -0.2) is 4.99 Å². The highest BCUT2D eigenvalue weighted by molar-refractivity contribution is 14.1. The Kier molecular flexibility index (Phi) is 7.18. The van der Waals surface area contributed by atoms with Crippen LogP contribution in [0.3, 0.4) is 0 Å². The fraction of sp³-hybridized carbons (Fsp3) is 0.172. The van der Waals surface area contributed by atoms with Crippen molar-refractivity contribution in [2.45, 2.75) is 25.8 Å². The first-order valence-corrected chi connectivity index (χ1v) is 15.3. The van der Waals surface area contributed by atoms with E-state index in [-0.39, 0.29) is 11.2 Å². The zero-order valence-corrected chi connectivity index (χ0v) is 25.8. The summed E-state index contributed by atoms with van der Waals surface area (Å²) in [5.74, 6) is 0.842. The van der Waals surface area contributed by atoms with Crippen LogP contribution in [0.2, 0.25) is 0 Å². The van der Waals surface area contributed by atoms with Crippen molar-refractivity contribution < 1.29 is 9.66 Å². The van der Waals surface area contributed by atoms with E-state index in [2.05, 4.69) is 57.3 Å². The number of hydrogen-bond acceptors (Lipinski definition) is 6. The van der Waals surface area contributed by atoms with Crippen molar-refractivity contribution in [2.75, 3.05) is 6.61 Å². The number of hydrogen-bond donors (Lipinski definition) is 0. The lowest BCUT2D eigenvalue weighted by molar-refractivity contribution is -0.384. The van der Waals surface area contributed by atoms with E-state index in [1.807, 2.05) is 43.3 Å². The number of nitro groups is 1. The quantitative estimate of drug-likeness (QED) is 0.146. The molecule has 1 atom stereocenters. The van der Waals surface area contributed by atoms with Gasteiger partial charge in [-0.3, -0.25) is 19.5 Å². The molecule has 0 fully saturated rings. The first kappa shape index (κ1) is 26.4. The van der Waals surface area contributed by atoms with E-state index < -0.39 is 11.0 Å². The maximum absolute atomic E-state index is 14.0. The SMILES string of the molecule is CCOc1c(I)cc(/C=c2/sc3n(c2=O)[C@@H](c2cccc([N+](=O)[O-])c2)C2=C(N=3)c3ccccc3CC2)cc1I. The van der Waals surface area contributed by atoms with Crippen LogP contribution in [0, 0.1) is 17.3 Å². The van der Waals surface area contributed by atoms with Crippen LogP contribution in [-0.2, 0) is 6.42 Å². The molecule has 3 aromatic carbocycles. The minimum Gasteiger partial charge on any atom is -0.492 e. The normalized spacial score (nSPS) is 16.3. The van der Waals surface area contributed by atoms with E-state index in [4.69, 9.17) is 9.73 Å². The fourth-order valence-corrected chi connectivity index (χ4v) is 8.36. The number of halogens is 2. The average Bonchev–Trinajstić information content (AvgIpc) is 3.23. The number of non-ortho nitro benzene ring substituents is 1. The lowest BCUT2D eigenvalue weighted by Crippen LogP contribution is -2.38. The van der Waals surface area contributed by atoms with Gasteiger partial charge in [-0.2, -0.15) is 0 Å². The Morgan fingerprint density at radius 2 is 1.90 bits per heavy atom. The zero-order chi connectivity index (χ0) is 27.3. The average molecular weight is 761 g/mol.